The largest absolute Gasteiger partial charge is 0.396 e. The van der Waals surface area contributed by atoms with E-state index < -0.39 is 5.82 Å². The number of amides is 1. The van der Waals surface area contributed by atoms with Crippen molar-refractivity contribution >= 4 is 17.4 Å². The molecule has 2 rings (SSSR count). The molecule has 1 amide bonds. The van der Waals surface area contributed by atoms with E-state index in [0.717, 1.165) is 5.56 Å². The van der Waals surface area contributed by atoms with E-state index in [0.29, 0.717) is 17.7 Å². The molecule has 2 N–H and O–H groups in total. The Bertz CT molecular complexity index is 666. The molecule has 2 aromatic rings. The molecule has 0 aliphatic rings. The highest BCUT2D eigenvalue weighted by Gasteiger charge is 2.09. The van der Waals surface area contributed by atoms with Gasteiger partial charge in [-0.05, 0) is 48.4 Å². The van der Waals surface area contributed by atoms with E-state index in [1.54, 1.807) is 12.1 Å². The topological polar surface area (TPSA) is 66.4 Å². The van der Waals surface area contributed by atoms with E-state index in [4.69, 9.17) is 5.11 Å². The van der Waals surface area contributed by atoms with Gasteiger partial charge < -0.3 is 10.4 Å². The highest BCUT2D eigenvalue weighted by molar-refractivity contribution is 5.99. The minimum Gasteiger partial charge on any atom is -0.396 e. The number of benzene rings is 2. The molecule has 0 saturated heterocycles. The summed E-state index contributed by atoms with van der Waals surface area (Å²) in [6.07, 6.45) is 0.703. The number of Topliss-reactive ketones (excluding diaryl/α,β-unsaturated/α-hetero) is 1. The number of nitrogens with one attached hydrogen (secondary N) is 1. The van der Waals surface area contributed by atoms with E-state index in [1.165, 1.54) is 24.3 Å². The molecule has 0 aliphatic heterocycles. The quantitative estimate of drug-likeness (QED) is 0.772. The molecule has 0 aromatic heterocycles. The van der Waals surface area contributed by atoms with E-state index >= 15 is 0 Å². The van der Waals surface area contributed by atoms with Gasteiger partial charge >= 0.3 is 0 Å². The normalized spacial score (nSPS) is 10.3. The Balaban J connectivity index is 1.82. The van der Waals surface area contributed by atoms with Gasteiger partial charge in [-0.2, -0.15) is 0 Å². The Morgan fingerprint density at radius 2 is 1.61 bits per heavy atom. The van der Waals surface area contributed by atoms with Gasteiger partial charge in [0.15, 0.2) is 5.78 Å². The fourth-order valence-electron chi connectivity index (χ4n) is 2.11. The molecule has 0 radical (unpaired) electrons. The first-order valence-electron chi connectivity index (χ1n) is 7.37. The monoisotopic (exact) mass is 315 g/mol. The van der Waals surface area contributed by atoms with Crippen LogP contribution in [0.25, 0.3) is 0 Å². The highest BCUT2D eigenvalue weighted by Crippen LogP contribution is 2.12. The fraction of sp³-hybridized carbons (Fsp3) is 0.222. The van der Waals surface area contributed by atoms with Gasteiger partial charge in [-0.3, -0.25) is 9.59 Å². The SMILES string of the molecule is O=C(CCC(=O)c1ccc(F)cc1)Nc1ccc(CCO)cc1. The van der Waals surface area contributed by atoms with Crippen LogP contribution >= 0.6 is 0 Å². The number of hydrogen-bond donors (Lipinski definition) is 2. The number of ketones is 1. The molecule has 0 unspecified atom stereocenters. The lowest BCUT2D eigenvalue weighted by atomic mass is 10.1. The first-order valence-corrected chi connectivity index (χ1v) is 7.37. The predicted molar refractivity (Wildman–Crippen MR) is 85.8 cm³/mol. The third-order valence-corrected chi connectivity index (χ3v) is 3.38. The van der Waals surface area contributed by atoms with Crippen LogP contribution in [0.4, 0.5) is 10.1 Å². The highest BCUT2D eigenvalue weighted by atomic mass is 19.1. The lowest BCUT2D eigenvalue weighted by Crippen LogP contribution is -2.13. The molecule has 120 valence electrons. The zero-order valence-electron chi connectivity index (χ0n) is 12.6. The second-order valence-electron chi connectivity index (χ2n) is 5.15. The van der Waals surface area contributed by atoms with Crippen LogP contribution in [0.2, 0.25) is 0 Å². The zero-order chi connectivity index (χ0) is 16.7. The third-order valence-electron chi connectivity index (χ3n) is 3.38. The summed E-state index contributed by atoms with van der Waals surface area (Å²) < 4.78 is 12.8. The number of aliphatic hydroxyl groups excluding tert-OH is 1. The maximum atomic E-state index is 12.8. The Morgan fingerprint density at radius 1 is 0.957 bits per heavy atom. The zero-order valence-corrected chi connectivity index (χ0v) is 12.6. The molecule has 4 nitrogen and oxygen atoms in total. The van der Waals surface area contributed by atoms with Crippen molar-refractivity contribution in [3.8, 4) is 0 Å². The molecule has 5 heteroatoms. The summed E-state index contributed by atoms with van der Waals surface area (Å²) in [6, 6.07) is 12.4. The van der Waals surface area contributed by atoms with Crippen LogP contribution in [0.3, 0.4) is 0 Å². The molecule has 0 atom stereocenters. The van der Waals surface area contributed by atoms with Crippen molar-refractivity contribution in [3.63, 3.8) is 0 Å². The molecule has 0 heterocycles. The van der Waals surface area contributed by atoms with Crippen molar-refractivity contribution in [2.24, 2.45) is 0 Å². The van der Waals surface area contributed by atoms with E-state index in [2.05, 4.69) is 5.32 Å². The molecule has 0 bridgehead atoms. The third kappa shape index (κ3) is 5.30. The lowest BCUT2D eigenvalue weighted by molar-refractivity contribution is -0.116. The Morgan fingerprint density at radius 3 is 2.22 bits per heavy atom. The average molecular weight is 315 g/mol. The summed E-state index contributed by atoms with van der Waals surface area (Å²) in [5, 5.41) is 11.6. The number of carbonyl (C=O) groups excluding carboxylic acids is 2. The minimum absolute atomic E-state index is 0.0641. The number of rotatable bonds is 7. The summed E-state index contributed by atoms with van der Waals surface area (Å²) in [4.78, 5) is 23.8. The van der Waals surface area contributed by atoms with Crippen LogP contribution in [-0.4, -0.2) is 23.4 Å². The smallest absolute Gasteiger partial charge is 0.224 e. The molecular weight excluding hydrogens is 297 g/mol. The summed E-state index contributed by atoms with van der Waals surface area (Å²) in [6.45, 7) is 0.0806. The number of aliphatic hydroxyl groups is 1. The molecule has 0 saturated carbocycles. The molecule has 0 aliphatic carbocycles. The number of halogens is 1. The van der Waals surface area contributed by atoms with Gasteiger partial charge in [-0.15, -0.1) is 0 Å². The predicted octanol–water partition coefficient (Wildman–Crippen LogP) is 2.96. The van der Waals surface area contributed by atoms with Gasteiger partial charge in [0.25, 0.3) is 0 Å². The van der Waals surface area contributed by atoms with Crippen molar-refractivity contribution in [1.29, 1.82) is 0 Å². The van der Waals surface area contributed by atoms with Gasteiger partial charge in [0.05, 0.1) is 0 Å². The minimum atomic E-state index is -0.399. The first-order chi connectivity index (χ1) is 11.1. The number of anilines is 1. The molecule has 0 spiro atoms. The standard InChI is InChI=1S/C18H18FNO3/c19-15-5-3-14(4-6-15)17(22)9-10-18(23)20-16-7-1-13(2-8-16)11-12-21/h1-8,21H,9-12H2,(H,20,23). The Labute approximate surface area is 134 Å². The van der Waals surface area contributed by atoms with Gasteiger partial charge in [0.2, 0.25) is 5.91 Å². The van der Waals surface area contributed by atoms with Crippen molar-refractivity contribution in [2.45, 2.75) is 19.3 Å². The van der Waals surface area contributed by atoms with Gasteiger partial charge in [0.1, 0.15) is 5.82 Å². The second kappa shape index (κ2) is 8.19. The molecular formula is C18H18FNO3. The van der Waals surface area contributed by atoms with Crippen LogP contribution in [0, 0.1) is 5.82 Å². The summed E-state index contributed by atoms with van der Waals surface area (Å²) in [7, 11) is 0. The summed E-state index contributed by atoms with van der Waals surface area (Å²) in [5.74, 6) is -0.849. The lowest BCUT2D eigenvalue weighted by Gasteiger charge is -2.06. The van der Waals surface area contributed by atoms with Crippen LogP contribution < -0.4 is 5.32 Å². The van der Waals surface area contributed by atoms with Crippen LogP contribution in [0.15, 0.2) is 48.5 Å². The summed E-state index contributed by atoms with van der Waals surface area (Å²) in [5.41, 5.74) is 2.02. The van der Waals surface area contributed by atoms with Gasteiger partial charge in [-0.1, -0.05) is 12.1 Å². The fourth-order valence-corrected chi connectivity index (χ4v) is 2.11. The van der Waals surface area contributed by atoms with Crippen molar-refractivity contribution in [1.82, 2.24) is 0 Å². The van der Waals surface area contributed by atoms with Crippen LogP contribution in [0.5, 0.6) is 0 Å². The van der Waals surface area contributed by atoms with Crippen molar-refractivity contribution in [3.05, 3.63) is 65.5 Å². The van der Waals surface area contributed by atoms with E-state index in [-0.39, 0.29) is 31.1 Å². The van der Waals surface area contributed by atoms with Crippen molar-refractivity contribution < 1.29 is 19.1 Å². The summed E-state index contributed by atoms with van der Waals surface area (Å²) >= 11 is 0. The average Bonchev–Trinajstić information content (AvgIpc) is 2.55. The molecule has 0 fully saturated rings. The second-order valence-corrected chi connectivity index (χ2v) is 5.15. The van der Waals surface area contributed by atoms with Gasteiger partial charge in [-0.25, -0.2) is 4.39 Å². The molecule has 23 heavy (non-hydrogen) atoms. The molecule has 2 aromatic carbocycles. The number of carbonyl (C=O) groups is 2. The maximum Gasteiger partial charge on any atom is 0.224 e. The Kier molecular flexibility index (Phi) is 6.00. The van der Waals surface area contributed by atoms with Crippen molar-refractivity contribution in [2.75, 3.05) is 11.9 Å². The first kappa shape index (κ1) is 16.8. The van der Waals surface area contributed by atoms with E-state index in [9.17, 15) is 14.0 Å². The van der Waals surface area contributed by atoms with Gasteiger partial charge in [0, 0.05) is 30.7 Å². The maximum absolute atomic E-state index is 12.8. The van der Waals surface area contributed by atoms with Crippen LogP contribution in [-0.2, 0) is 11.2 Å². The van der Waals surface area contributed by atoms with Crippen LogP contribution in [0.1, 0.15) is 28.8 Å². The van der Waals surface area contributed by atoms with E-state index in [1.807, 2.05) is 12.1 Å². The Hall–Kier alpha value is -2.53. The number of hydrogen-bond acceptors (Lipinski definition) is 3.